The number of carbonyl (C=O) groups is 1. The Kier molecular flexibility index (Phi) is 9.50. The molecule has 1 aromatic heterocycles. The van der Waals surface area contributed by atoms with Gasteiger partial charge in [-0.15, -0.1) is 0 Å². The van der Waals surface area contributed by atoms with Crippen molar-refractivity contribution in [3.05, 3.63) is 53.1 Å². The first kappa shape index (κ1) is 29.2. The molecule has 7 nitrogen and oxygen atoms in total. The lowest BCUT2D eigenvalue weighted by molar-refractivity contribution is 0.0985. The van der Waals surface area contributed by atoms with Crippen LogP contribution in [0.25, 0.3) is 10.2 Å². The summed E-state index contributed by atoms with van der Waals surface area (Å²) in [5, 5.41) is 0.646. The fourth-order valence-corrected chi connectivity index (χ4v) is 6.89. The molecule has 1 amide bonds. The second-order valence-electron chi connectivity index (χ2n) is 10.7. The molecule has 9 heteroatoms. The van der Waals surface area contributed by atoms with Gasteiger partial charge in [0.25, 0.3) is 5.91 Å². The maximum atomic E-state index is 13.7. The van der Waals surface area contributed by atoms with Crippen LogP contribution in [0.5, 0.6) is 0 Å². The molecule has 3 aromatic rings. The van der Waals surface area contributed by atoms with E-state index in [1.807, 2.05) is 59.7 Å². The predicted molar refractivity (Wildman–Crippen MR) is 154 cm³/mol. The van der Waals surface area contributed by atoms with E-state index in [2.05, 4.69) is 13.0 Å². The van der Waals surface area contributed by atoms with E-state index in [1.165, 1.54) is 11.3 Å². The number of rotatable bonds is 11. The Balaban J connectivity index is 1.94. The van der Waals surface area contributed by atoms with Crippen LogP contribution in [0.15, 0.2) is 41.3 Å². The molecule has 0 atom stereocenters. The molecule has 3 rings (SSSR count). The maximum Gasteiger partial charge on any atom is 0.260 e. The van der Waals surface area contributed by atoms with Gasteiger partial charge in [-0.3, -0.25) is 9.69 Å². The van der Waals surface area contributed by atoms with Crippen molar-refractivity contribution in [1.82, 2.24) is 14.2 Å². The number of aryl methyl sites for hydroxylation is 2. The second-order valence-corrected chi connectivity index (χ2v) is 13.7. The normalized spacial score (nSPS) is 12.4. The number of hydrogen-bond donors (Lipinski definition) is 0. The van der Waals surface area contributed by atoms with E-state index >= 15 is 0 Å². The summed E-state index contributed by atoms with van der Waals surface area (Å²) >= 11 is 1.50. The number of anilines is 1. The zero-order chi connectivity index (χ0) is 27.5. The lowest BCUT2D eigenvalue weighted by Crippen LogP contribution is -2.37. The van der Waals surface area contributed by atoms with Gasteiger partial charge in [0.05, 0.1) is 15.1 Å². The summed E-state index contributed by atoms with van der Waals surface area (Å²) in [5.74, 6) is 0.224. The van der Waals surface area contributed by atoms with E-state index < -0.39 is 10.0 Å². The maximum absolute atomic E-state index is 13.7. The molecule has 0 bridgehead atoms. The van der Waals surface area contributed by atoms with Crippen LogP contribution >= 0.6 is 11.3 Å². The molecule has 1 heterocycles. The van der Waals surface area contributed by atoms with Crippen LogP contribution in [0.3, 0.4) is 0 Å². The predicted octanol–water partition coefficient (Wildman–Crippen LogP) is 5.42. The highest BCUT2D eigenvalue weighted by atomic mass is 32.2. The third-order valence-electron chi connectivity index (χ3n) is 6.20. The van der Waals surface area contributed by atoms with Crippen molar-refractivity contribution in [2.75, 3.05) is 45.2 Å². The van der Waals surface area contributed by atoms with Gasteiger partial charge in [0.15, 0.2) is 5.13 Å². The number of nitrogens with zero attached hydrogens (tertiary/aromatic N) is 4. The van der Waals surface area contributed by atoms with E-state index in [0.717, 1.165) is 21.3 Å². The fourth-order valence-electron chi connectivity index (χ4n) is 4.07. The Bertz CT molecular complexity index is 1320. The van der Waals surface area contributed by atoms with Crippen molar-refractivity contribution in [1.29, 1.82) is 0 Å². The Morgan fingerprint density at radius 1 is 0.919 bits per heavy atom. The highest BCUT2D eigenvalue weighted by Crippen LogP contribution is 2.32. The average Bonchev–Trinajstić information content (AvgIpc) is 3.25. The van der Waals surface area contributed by atoms with Gasteiger partial charge in [-0.05, 0) is 81.2 Å². The molecule has 0 aliphatic heterocycles. The molecule has 0 spiro atoms. The van der Waals surface area contributed by atoms with Crippen LogP contribution < -0.4 is 4.90 Å². The van der Waals surface area contributed by atoms with Crippen molar-refractivity contribution in [2.45, 2.75) is 46.4 Å². The molecule has 0 radical (unpaired) electrons. The molecule has 2 aromatic carbocycles. The molecule has 0 saturated heterocycles. The fraction of sp³-hybridized carbons (Fsp3) is 0.500. The number of aromatic nitrogens is 1. The van der Waals surface area contributed by atoms with Gasteiger partial charge in [-0.2, -0.15) is 4.31 Å². The van der Waals surface area contributed by atoms with Crippen LogP contribution in [0, 0.1) is 25.7 Å². The first-order valence-corrected chi connectivity index (χ1v) is 15.0. The number of benzene rings is 2. The summed E-state index contributed by atoms with van der Waals surface area (Å²) in [6.07, 6.45) is 0. The van der Waals surface area contributed by atoms with Crippen molar-refractivity contribution in [2.24, 2.45) is 11.8 Å². The van der Waals surface area contributed by atoms with Crippen LogP contribution in [-0.4, -0.2) is 68.8 Å². The summed E-state index contributed by atoms with van der Waals surface area (Å²) < 4.78 is 29.4. The zero-order valence-electron chi connectivity index (χ0n) is 23.3. The number of sulfonamides is 1. The first-order valence-electron chi connectivity index (χ1n) is 12.7. The van der Waals surface area contributed by atoms with Crippen LogP contribution in [0.1, 0.15) is 49.2 Å². The van der Waals surface area contributed by atoms with Gasteiger partial charge in [-0.25, -0.2) is 13.4 Å². The van der Waals surface area contributed by atoms with Crippen molar-refractivity contribution >= 4 is 42.6 Å². The molecule has 0 aliphatic carbocycles. The van der Waals surface area contributed by atoms with Gasteiger partial charge in [-0.1, -0.05) is 45.1 Å². The molecule has 0 fully saturated rings. The largest absolute Gasteiger partial charge is 0.308 e. The summed E-state index contributed by atoms with van der Waals surface area (Å²) in [4.78, 5) is 22.5. The molecular formula is C28H40N4O3S2. The zero-order valence-corrected chi connectivity index (χ0v) is 24.9. The minimum Gasteiger partial charge on any atom is -0.308 e. The van der Waals surface area contributed by atoms with Crippen LogP contribution in [-0.2, 0) is 10.0 Å². The number of amides is 1. The topological polar surface area (TPSA) is 73.8 Å². The van der Waals surface area contributed by atoms with E-state index in [4.69, 9.17) is 4.98 Å². The third-order valence-corrected chi connectivity index (χ3v) is 9.09. The van der Waals surface area contributed by atoms with Gasteiger partial charge in [0.2, 0.25) is 10.0 Å². The first-order chi connectivity index (χ1) is 17.3. The molecule has 0 N–H and O–H groups in total. The molecule has 0 saturated carbocycles. The van der Waals surface area contributed by atoms with Gasteiger partial charge in [0, 0.05) is 31.7 Å². The van der Waals surface area contributed by atoms with Gasteiger partial charge >= 0.3 is 0 Å². The van der Waals surface area contributed by atoms with Crippen LogP contribution in [0.4, 0.5) is 5.13 Å². The van der Waals surface area contributed by atoms with E-state index in [1.54, 1.807) is 33.5 Å². The Morgan fingerprint density at radius 2 is 1.51 bits per heavy atom. The van der Waals surface area contributed by atoms with Crippen LogP contribution in [0.2, 0.25) is 0 Å². The van der Waals surface area contributed by atoms with E-state index in [0.29, 0.717) is 36.9 Å². The number of likely N-dealkylation sites (N-methyl/N-ethyl adjacent to an activating group) is 1. The molecule has 0 unspecified atom stereocenters. The molecule has 202 valence electrons. The molecular weight excluding hydrogens is 504 g/mol. The molecule has 0 aliphatic rings. The minimum absolute atomic E-state index is 0.194. The lowest BCUT2D eigenvalue weighted by Gasteiger charge is -2.26. The second kappa shape index (κ2) is 12.0. The summed E-state index contributed by atoms with van der Waals surface area (Å²) in [7, 11) is 0.271. The third kappa shape index (κ3) is 6.96. The van der Waals surface area contributed by atoms with Gasteiger partial charge < -0.3 is 4.90 Å². The average molecular weight is 545 g/mol. The Hall–Kier alpha value is -2.33. The van der Waals surface area contributed by atoms with E-state index in [-0.39, 0.29) is 22.6 Å². The summed E-state index contributed by atoms with van der Waals surface area (Å²) in [6.45, 7) is 14.2. The summed E-state index contributed by atoms with van der Waals surface area (Å²) in [6, 6.07) is 10.4. The number of hydrogen-bond acceptors (Lipinski definition) is 6. The minimum atomic E-state index is -3.66. The lowest BCUT2D eigenvalue weighted by atomic mass is 10.1. The summed E-state index contributed by atoms with van der Waals surface area (Å²) in [5.41, 5.74) is 3.63. The SMILES string of the molecule is Cc1ccc2sc(N(CCN(C)C)C(=O)c3ccc(S(=O)(=O)N(CC(C)C)CC(C)C)cc3)nc2c1C. The Morgan fingerprint density at radius 3 is 2.05 bits per heavy atom. The van der Waals surface area contributed by atoms with E-state index in [9.17, 15) is 13.2 Å². The van der Waals surface area contributed by atoms with Crippen molar-refractivity contribution < 1.29 is 13.2 Å². The smallest absolute Gasteiger partial charge is 0.260 e. The number of thiazole rings is 1. The van der Waals surface area contributed by atoms with Crippen molar-refractivity contribution in [3.8, 4) is 0 Å². The standard InChI is InChI=1S/C28H40N4O3S2/c1-19(2)17-31(18-20(3)4)37(34,35)24-12-10-23(11-13-24)27(33)32(16-15-30(7)8)28-29-26-22(6)21(5)9-14-25(26)36-28/h9-14,19-20H,15-18H2,1-8H3. The number of carbonyl (C=O) groups excluding carboxylic acids is 1. The molecule has 37 heavy (non-hydrogen) atoms. The highest BCUT2D eigenvalue weighted by Gasteiger charge is 2.27. The number of fused-ring (bicyclic) bond motifs is 1. The monoisotopic (exact) mass is 544 g/mol. The quantitative estimate of drug-likeness (QED) is 0.322. The highest BCUT2D eigenvalue weighted by molar-refractivity contribution is 7.89. The van der Waals surface area contributed by atoms with Crippen molar-refractivity contribution in [3.63, 3.8) is 0 Å². The van der Waals surface area contributed by atoms with Gasteiger partial charge in [0.1, 0.15) is 0 Å². The Labute approximate surface area is 226 Å².